The predicted octanol–water partition coefficient (Wildman–Crippen LogP) is 2.41. The van der Waals surface area contributed by atoms with Crippen molar-refractivity contribution < 1.29 is 4.39 Å². The molecule has 0 saturated carbocycles. The first kappa shape index (κ1) is 10.6. The van der Waals surface area contributed by atoms with Gasteiger partial charge in [-0.05, 0) is 18.2 Å². The smallest absolute Gasteiger partial charge is 0.219 e. The monoisotopic (exact) mass is 240 g/mol. The number of nitrogen functional groups attached to an aromatic ring is 1. The van der Waals surface area contributed by atoms with Crippen LogP contribution in [0.25, 0.3) is 22.0 Å². The maximum atomic E-state index is 13.0. The summed E-state index contributed by atoms with van der Waals surface area (Å²) in [5.74, 6) is -0.0619. The molecule has 0 aliphatic heterocycles. The van der Waals surface area contributed by atoms with E-state index in [1.807, 2.05) is 6.07 Å². The van der Waals surface area contributed by atoms with Gasteiger partial charge in [-0.15, -0.1) is 0 Å². The maximum absolute atomic E-state index is 13.0. The molecule has 0 unspecified atom stereocenters. The summed E-state index contributed by atoms with van der Waals surface area (Å²) in [4.78, 5) is 12.1. The molecule has 0 radical (unpaired) electrons. The van der Waals surface area contributed by atoms with Crippen LogP contribution in [0, 0.1) is 5.82 Å². The highest BCUT2D eigenvalue weighted by molar-refractivity contribution is 5.83. The van der Waals surface area contributed by atoms with Crippen LogP contribution in [0.4, 0.5) is 10.3 Å². The highest BCUT2D eigenvalue weighted by Gasteiger charge is 2.03. The zero-order chi connectivity index (χ0) is 12.5. The Hall–Kier alpha value is -2.56. The van der Waals surface area contributed by atoms with E-state index in [-0.39, 0.29) is 11.8 Å². The van der Waals surface area contributed by atoms with Gasteiger partial charge in [0.1, 0.15) is 5.82 Å². The summed E-state index contributed by atoms with van der Waals surface area (Å²) in [6.07, 6.45) is 4.93. The number of halogens is 1. The lowest BCUT2D eigenvalue weighted by molar-refractivity contribution is 0.629. The number of nitrogens with zero attached hydrogens (tertiary/aromatic N) is 3. The molecule has 18 heavy (non-hydrogen) atoms. The van der Waals surface area contributed by atoms with Crippen molar-refractivity contribution in [3.05, 3.63) is 48.7 Å². The third kappa shape index (κ3) is 1.86. The van der Waals surface area contributed by atoms with Crippen LogP contribution >= 0.6 is 0 Å². The number of pyridine rings is 1. The first-order valence-corrected chi connectivity index (χ1v) is 5.35. The second kappa shape index (κ2) is 4.03. The Morgan fingerprint density at radius 3 is 2.39 bits per heavy atom. The molecule has 2 N–H and O–H groups in total. The molecule has 2 heterocycles. The highest BCUT2D eigenvalue weighted by Crippen LogP contribution is 2.22. The van der Waals surface area contributed by atoms with Crippen molar-refractivity contribution in [1.82, 2.24) is 15.0 Å². The fraction of sp³-hybridized carbons (Fsp3) is 0. The van der Waals surface area contributed by atoms with Gasteiger partial charge in [-0.25, -0.2) is 14.4 Å². The molecule has 0 amide bonds. The molecule has 2 aromatic heterocycles. The van der Waals surface area contributed by atoms with Crippen LogP contribution in [-0.2, 0) is 0 Å². The molecule has 3 aromatic rings. The standard InChI is InChI=1S/C13H9FN4/c14-11-2-1-8-3-9(5-16-12(8)4-11)10-6-17-13(15)18-7-10/h1-7H,(H2,15,17,18). The molecule has 4 nitrogen and oxygen atoms in total. The Labute approximate surface area is 102 Å². The molecule has 0 fully saturated rings. The van der Waals surface area contributed by atoms with Gasteiger partial charge in [0.15, 0.2) is 0 Å². The lowest BCUT2D eigenvalue weighted by Gasteiger charge is -2.03. The lowest BCUT2D eigenvalue weighted by Crippen LogP contribution is -1.93. The maximum Gasteiger partial charge on any atom is 0.219 e. The number of benzene rings is 1. The summed E-state index contributed by atoms with van der Waals surface area (Å²) in [5.41, 5.74) is 7.74. The fourth-order valence-corrected chi connectivity index (χ4v) is 1.74. The summed E-state index contributed by atoms with van der Waals surface area (Å²) < 4.78 is 13.0. The molecule has 88 valence electrons. The minimum absolute atomic E-state index is 0.231. The molecule has 3 rings (SSSR count). The average Bonchev–Trinajstić information content (AvgIpc) is 2.39. The van der Waals surface area contributed by atoms with E-state index in [0.717, 1.165) is 16.5 Å². The number of fused-ring (bicyclic) bond motifs is 1. The quantitative estimate of drug-likeness (QED) is 0.709. The van der Waals surface area contributed by atoms with Crippen molar-refractivity contribution in [2.24, 2.45) is 0 Å². The van der Waals surface area contributed by atoms with Crippen molar-refractivity contribution in [3.8, 4) is 11.1 Å². The molecule has 0 spiro atoms. The minimum atomic E-state index is -0.293. The van der Waals surface area contributed by atoms with Crippen molar-refractivity contribution in [2.45, 2.75) is 0 Å². The number of aromatic nitrogens is 3. The van der Waals surface area contributed by atoms with E-state index in [9.17, 15) is 4.39 Å². The largest absolute Gasteiger partial charge is 0.368 e. The zero-order valence-corrected chi connectivity index (χ0v) is 9.34. The summed E-state index contributed by atoms with van der Waals surface area (Å²) >= 11 is 0. The van der Waals surface area contributed by atoms with E-state index >= 15 is 0 Å². The second-order valence-electron chi connectivity index (χ2n) is 3.89. The predicted molar refractivity (Wildman–Crippen MR) is 67.1 cm³/mol. The van der Waals surface area contributed by atoms with Gasteiger partial charge >= 0.3 is 0 Å². The van der Waals surface area contributed by atoms with Gasteiger partial charge in [0, 0.05) is 41.2 Å². The molecule has 0 bridgehead atoms. The van der Waals surface area contributed by atoms with Crippen LogP contribution in [0.2, 0.25) is 0 Å². The van der Waals surface area contributed by atoms with E-state index in [1.165, 1.54) is 12.1 Å². The Kier molecular flexibility index (Phi) is 2.37. The number of hydrogen-bond acceptors (Lipinski definition) is 4. The van der Waals surface area contributed by atoms with Gasteiger partial charge in [-0.1, -0.05) is 0 Å². The van der Waals surface area contributed by atoms with Gasteiger partial charge in [0.25, 0.3) is 0 Å². The average molecular weight is 240 g/mol. The lowest BCUT2D eigenvalue weighted by atomic mass is 10.1. The molecule has 0 aliphatic carbocycles. The van der Waals surface area contributed by atoms with E-state index in [1.54, 1.807) is 24.7 Å². The first-order valence-electron chi connectivity index (χ1n) is 5.35. The van der Waals surface area contributed by atoms with E-state index < -0.39 is 0 Å². The minimum Gasteiger partial charge on any atom is -0.368 e. The van der Waals surface area contributed by atoms with Gasteiger partial charge in [0.2, 0.25) is 5.95 Å². The number of rotatable bonds is 1. The van der Waals surface area contributed by atoms with Gasteiger partial charge in [-0.2, -0.15) is 0 Å². The van der Waals surface area contributed by atoms with E-state index in [0.29, 0.717) is 5.52 Å². The van der Waals surface area contributed by atoms with Crippen molar-refractivity contribution in [3.63, 3.8) is 0 Å². The Bertz CT molecular complexity index is 710. The van der Waals surface area contributed by atoms with Crippen LogP contribution in [0.1, 0.15) is 0 Å². The van der Waals surface area contributed by atoms with Crippen molar-refractivity contribution in [2.75, 3.05) is 5.73 Å². The highest BCUT2D eigenvalue weighted by atomic mass is 19.1. The SMILES string of the molecule is Nc1ncc(-c2cnc3cc(F)ccc3c2)cn1. The molecule has 0 saturated heterocycles. The van der Waals surface area contributed by atoms with Crippen molar-refractivity contribution in [1.29, 1.82) is 0 Å². The summed E-state index contributed by atoms with van der Waals surface area (Å²) in [6.45, 7) is 0. The van der Waals surface area contributed by atoms with Gasteiger partial charge in [-0.3, -0.25) is 4.98 Å². The Balaban J connectivity index is 2.13. The Morgan fingerprint density at radius 2 is 1.61 bits per heavy atom. The summed E-state index contributed by atoms with van der Waals surface area (Å²) in [6, 6.07) is 6.42. The van der Waals surface area contributed by atoms with E-state index in [4.69, 9.17) is 5.73 Å². The Morgan fingerprint density at radius 1 is 0.889 bits per heavy atom. The second-order valence-corrected chi connectivity index (χ2v) is 3.89. The van der Waals surface area contributed by atoms with Crippen LogP contribution < -0.4 is 5.73 Å². The van der Waals surface area contributed by atoms with Gasteiger partial charge < -0.3 is 5.73 Å². The number of nitrogens with two attached hydrogens (primary N) is 1. The fourth-order valence-electron chi connectivity index (χ4n) is 1.74. The van der Waals surface area contributed by atoms with Crippen molar-refractivity contribution >= 4 is 16.9 Å². The zero-order valence-electron chi connectivity index (χ0n) is 9.34. The number of hydrogen-bond donors (Lipinski definition) is 1. The molecular weight excluding hydrogens is 231 g/mol. The molecule has 5 heteroatoms. The topological polar surface area (TPSA) is 64.7 Å². The molecule has 0 aliphatic rings. The molecule has 0 atom stereocenters. The third-order valence-electron chi connectivity index (χ3n) is 2.65. The normalized spacial score (nSPS) is 10.7. The number of anilines is 1. The van der Waals surface area contributed by atoms with Crippen LogP contribution in [0.5, 0.6) is 0 Å². The molecular formula is C13H9FN4. The third-order valence-corrected chi connectivity index (χ3v) is 2.65. The van der Waals surface area contributed by atoms with Crippen LogP contribution in [0.15, 0.2) is 42.9 Å². The van der Waals surface area contributed by atoms with Gasteiger partial charge in [0.05, 0.1) is 5.52 Å². The van der Waals surface area contributed by atoms with Crippen LogP contribution in [-0.4, -0.2) is 15.0 Å². The van der Waals surface area contributed by atoms with Crippen LogP contribution in [0.3, 0.4) is 0 Å². The molecule has 1 aromatic carbocycles. The summed E-state index contributed by atoms with van der Waals surface area (Å²) in [7, 11) is 0. The van der Waals surface area contributed by atoms with E-state index in [2.05, 4.69) is 15.0 Å². The summed E-state index contributed by atoms with van der Waals surface area (Å²) in [5, 5.41) is 0.866. The first-order chi connectivity index (χ1) is 8.72.